The molecule has 6 saturated heterocycles. The van der Waals surface area contributed by atoms with Crippen LogP contribution in [0.25, 0.3) is 0 Å². The van der Waals surface area contributed by atoms with Crippen molar-refractivity contribution in [1.82, 2.24) is 45.9 Å². The van der Waals surface area contributed by atoms with Crippen LogP contribution in [0.5, 0.6) is 0 Å². The molecule has 9 N–H and O–H groups in total. The summed E-state index contributed by atoms with van der Waals surface area (Å²) in [4.78, 5) is 85.9. The molecule has 3 spiro atoms. The van der Waals surface area contributed by atoms with Crippen LogP contribution < -0.4 is 128 Å². The predicted octanol–water partition coefficient (Wildman–Crippen LogP) is 6.49. The molecule has 6 aromatic rings. The Morgan fingerprint density at radius 1 is 0.528 bits per heavy atom. The van der Waals surface area contributed by atoms with E-state index in [9.17, 15) is 31.2 Å². The molecular weight excluding hydrogens is 2080 g/mol. The third kappa shape index (κ3) is 38.0. The molecule has 33 nitrogen and oxygen atoms in total. The van der Waals surface area contributed by atoms with E-state index in [1.807, 2.05) is 68.4 Å². The van der Waals surface area contributed by atoms with E-state index >= 15 is 0 Å². The van der Waals surface area contributed by atoms with E-state index in [0.717, 1.165) is 124 Å². The molecule has 4 saturated carbocycles. The first-order valence-electron chi connectivity index (χ1n) is 41.3. The van der Waals surface area contributed by atoms with Gasteiger partial charge in [0.25, 0.3) is 17.7 Å². The number of likely N-dealkylation sites (N-methyl/N-ethyl adjacent to an activating group) is 2. The number of pyridine rings is 6. The van der Waals surface area contributed by atoms with Gasteiger partial charge in [-0.2, -0.15) is 0 Å². The number of ether oxygens (including phenoxy) is 3. The average Bonchev–Trinajstić information content (AvgIpc) is 1.65. The number of halogens is 4. The van der Waals surface area contributed by atoms with Crippen LogP contribution in [-0.2, 0) is 56.3 Å². The van der Waals surface area contributed by atoms with Gasteiger partial charge >= 0.3 is 156 Å². The van der Waals surface area contributed by atoms with E-state index in [2.05, 4.69) is 182 Å². The molecule has 0 radical (unpaired) electrons. The summed E-state index contributed by atoms with van der Waals surface area (Å²) in [6.07, 6.45) is 23.6. The molecule has 0 aromatic carbocycles. The third-order valence-corrected chi connectivity index (χ3v) is 24.7. The predicted molar refractivity (Wildman–Crippen MR) is 491 cm³/mol. The standard InChI is InChI=1S/C24H32N6O4S.C23H28BrN5O2.C16H16Br2N4O2.C8H18N2.C7H13N.CH5NO2S.Cu.HI.3K.HO4P/c1-17-16-30(14-15-34-17)21-5-3-4-19(25-21)27-23(31)18-6-7-20(28-35(2,32)33)26-22(18)29-12-10-24(8-9-24)11-13-29;1-16-15-29(13-14-31-16)20-4-2-3-19(26-20)27-22(30)17-5-6-18(24)25-21(17)28-11-9-23(7-8-23)10-12-28;1-10-9-22(7-8-24-10)14-4-2-3-13(20-14)21-16(23)11-5-6-12(17)19-15(11)18;1-9-7-5-3-4-6-8(7)10-2;1-2-7(1)3-5-8-6-4-7;1-5(2,3)4;;;;;;1-4-5(2)3/h3-7,17H,8-16H2,1-2H3,(H,26,28)(H,25,27,31);2-6,16H,7-15H2,1H3,(H,26,27,30);2-6,10H,7-9H2,1H3,(H,20,21,23);7-10H,3-6H2,1-2H3;8H,1-6H2;1H3,(H2,2,3,4);;1H;;;;1H/q;;;;;;+1;;;;+1;/p-2/t17-;16-;10-;7-,8-;;;;;;;;/m1111......../s1. The van der Waals surface area contributed by atoms with Crippen LogP contribution in [0.15, 0.2) is 105 Å². The molecule has 12 heterocycles. The van der Waals surface area contributed by atoms with Crippen LogP contribution in [0.3, 0.4) is 0 Å². The van der Waals surface area contributed by atoms with Gasteiger partial charge < -0.3 is 80.8 Å². The summed E-state index contributed by atoms with van der Waals surface area (Å²) < 4.78 is 74.8. The number of sulfonamides is 2. The van der Waals surface area contributed by atoms with Crippen LogP contribution in [0, 0.1) is 16.2 Å². The van der Waals surface area contributed by atoms with Gasteiger partial charge in [0.1, 0.15) is 66.2 Å². The van der Waals surface area contributed by atoms with Gasteiger partial charge in [-0.1, -0.05) is 31.0 Å². The fourth-order valence-electron chi connectivity index (χ4n) is 15.4. The summed E-state index contributed by atoms with van der Waals surface area (Å²) in [7, 11) is -5.70. The number of carbonyl (C=O) groups excluding carboxylic acids is 3. The Morgan fingerprint density at radius 3 is 1.19 bits per heavy atom. The van der Waals surface area contributed by atoms with Crippen LogP contribution in [0.2, 0.25) is 0 Å². The molecule has 6 atom stereocenters. The summed E-state index contributed by atoms with van der Waals surface area (Å²) in [5, 5.41) is 31.6. The topological polar surface area (TPSA) is 423 Å². The van der Waals surface area contributed by atoms with Crippen LogP contribution >= 0.6 is 76.4 Å². The number of anilines is 9. The summed E-state index contributed by atoms with van der Waals surface area (Å²) in [5.74, 6) is 4.65. The number of morpholine rings is 3. The van der Waals surface area contributed by atoms with Gasteiger partial charge in [0.15, 0.2) is 0 Å². The van der Waals surface area contributed by atoms with Gasteiger partial charge in [0.05, 0.1) is 67.3 Å². The molecule has 10 fully saturated rings. The van der Waals surface area contributed by atoms with Gasteiger partial charge in [-0.05, 0) is 279 Å². The molecule has 3 amide bonds. The van der Waals surface area contributed by atoms with Crippen molar-refractivity contribution in [2.24, 2.45) is 21.4 Å². The number of primary sulfonamides is 1. The fourth-order valence-corrected chi connectivity index (χ4v) is 17.2. The number of nitrogens with two attached hydrogens (primary N) is 1. The maximum atomic E-state index is 13.4. The van der Waals surface area contributed by atoms with Crippen molar-refractivity contribution in [1.29, 1.82) is 0 Å². The first-order chi connectivity index (χ1) is 58.3. The second-order valence-corrected chi connectivity index (χ2v) is 38.1. The van der Waals surface area contributed by atoms with Gasteiger partial charge in [-0.25, -0.2) is 56.6 Å². The van der Waals surface area contributed by atoms with Gasteiger partial charge in [0, 0.05) is 77.5 Å². The molecule has 4 aliphatic carbocycles. The summed E-state index contributed by atoms with van der Waals surface area (Å²) in [5.41, 5.74) is 3.33. The Labute approximate surface area is 857 Å². The van der Waals surface area contributed by atoms with Crippen molar-refractivity contribution in [3.63, 3.8) is 0 Å². The number of hydrogen-bond donors (Lipinski definition) is 8. The number of piperidine rings is 3. The zero-order valence-corrected chi connectivity index (χ0v) is 91.5. The molecule has 44 heteroatoms. The van der Waals surface area contributed by atoms with Crippen molar-refractivity contribution in [3.05, 3.63) is 121 Å². The van der Waals surface area contributed by atoms with Crippen molar-refractivity contribution < 1.29 is 129 Å². The molecule has 123 heavy (non-hydrogen) atoms. The zero-order chi connectivity index (χ0) is 88.8. The molecule has 6 aliphatic heterocycles. The molecule has 6 aromatic heterocycles. The van der Waals surface area contributed by atoms with Gasteiger partial charge in [0.2, 0.25) is 20.0 Å². The summed E-state index contributed by atoms with van der Waals surface area (Å²) >= 11 is 18.4. The van der Waals surface area contributed by atoms with E-state index in [1.54, 1.807) is 50.7 Å². The van der Waals surface area contributed by atoms with E-state index in [-0.39, 0.29) is 93.2 Å². The number of amides is 3. The Hall–Kier alpha value is -0.691. The van der Waals surface area contributed by atoms with E-state index in [1.165, 1.54) is 172 Å². The number of nitrogens with one attached hydrogen (secondary N) is 7. The van der Waals surface area contributed by atoms with Gasteiger partial charge in [-0.3, -0.25) is 19.1 Å². The van der Waals surface area contributed by atoms with Crippen molar-refractivity contribution >= 4 is 230 Å². The molecule has 16 rings (SSSR count). The number of hydrogen-bond acceptors (Lipinski definition) is 28. The Kier molecular flexibility index (Phi) is 48.5. The molecular formula is C79H112Br3CuIK3N19O14PS2. The maximum absolute atomic E-state index is 13.4. The average molecular weight is 2190 g/mol. The Morgan fingerprint density at radius 2 is 0.862 bits per heavy atom. The molecule has 1 unspecified atom stereocenters. The minimum atomic E-state index is -3.49. The van der Waals surface area contributed by atoms with Gasteiger partial charge in [-0.15, -0.1) is 0 Å². The molecule has 10 aliphatic rings. The first kappa shape index (κ1) is 109. The number of rotatable bonds is 16. The third-order valence-electron chi connectivity index (χ3n) is 22.5. The Bertz CT molecular complexity index is 4590. The Balaban J connectivity index is 0.000000216. The fraction of sp³-hybridized carbons (Fsp3) is 0.582. The SMILES string of the molecule is C1CC2(CCN1)CC2.CN[C@@H]1CCCC[C@H]1NC.CS(N)(=O)=O.C[C@@H]1CN(c2cccc(NC(=O)c3ccc(Br)nc3Br)n2)CCO1.C[C@@H]1CN(c2cccc(NC(=O)c3ccc(Br)nc3N3CCC4(CC3)CC4)n2)CCO1.C[C@@H]1CN(c2cccc(NC(=O)c3ccc(NS(C)(=O)=O)nc3N3CCC4(CC3)CC4)n2)CCO1.O=[P+]([O-])O[O-].[Cu][I].[K+].[K][K]. The normalized spacial score (nSPS) is 21.2. The van der Waals surface area contributed by atoms with E-state index < -0.39 is 28.3 Å². The molecule has 666 valence electrons. The second kappa shape index (κ2) is 54.6. The van der Waals surface area contributed by atoms with Crippen molar-refractivity contribution in [2.75, 3.05) is 170 Å². The van der Waals surface area contributed by atoms with Crippen molar-refractivity contribution in [2.45, 2.75) is 154 Å². The minimum absolute atomic E-state index is 0. The van der Waals surface area contributed by atoms with Crippen LogP contribution in [0.1, 0.15) is 155 Å². The van der Waals surface area contributed by atoms with Crippen LogP contribution in [0.4, 0.5) is 52.4 Å². The zero-order valence-electron chi connectivity index (χ0n) is 71.8. The first-order valence-corrected chi connectivity index (χ1v) is 67.7. The summed E-state index contributed by atoms with van der Waals surface area (Å²) in [6, 6.07) is 28.5. The number of carbonyl (C=O) groups is 3. The quantitative estimate of drug-likeness (QED) is 0.0128. The number of nitrogens with zero attached hydrogens (tertiary/aromatic N) is 11. The molecule has 0 bridgehead atoms. The monoisotopic (exact) mass is 2190 g/mol. The second-order valence-electron chi connectivity index (χ2n) is 31.7. The van der Waals surface area contributed by atoms with Crippen LogP contribution in [-0.4, -0.2) is 283 Å². The van der Waals surface area contributed by atoms with Crippen molar-refractivity contribution in [3.8, 4) is 0 Å². The van der Waals surface area contributed by atoms with E-state index in [4.69, 9.17) is 28.9 Å². The summed E-state index contributed by atoms with van der Waals surface area (Å²) in [6.45, 7) is 18.8. The number of aromatic nitrogens is 6. The van der Waals surface area contributed by atoms with E-state index in [0.29, 0.717) is 91.9 Å².